The molecule has 174 valence electrons. The van der Waals surface area contributed by atoms with Crippen molar-refractivity contribution in [2.45, 2.75) is 13.5 Å². The third-order valence-corrected chi connectivity index (χ3v) is 6.44. The zero-order valence-electron chi connectivity index (χ0n) is 18.6. The minimum Gasteiger partial charge on any atom is -0.494 e. The van der Waals surface area contributed by atoms with E-state index >= 15 is 0 Å². The predicted molar refractivity (Wildman–Crippen MR) is 143 cm³/mol. The van der Waals surface area contributed by atoms with Crippen LogP contribution in [0.5, 0.6) is 11.5 Å². The summed E-state index contributed by atoms with van der Waals surface area (Å²) in [5.74, 6) is 1.18. The van der Waals surface area contributed by atoms with Crippen LogP contribution >= 0.6 is 39.7 Å². The molecule has 0 atom stereocenters. The minimum absolute atomic E-state index is 0.208. The monoisotopic (exact) mass is 556 g/mol. The van der Waals surface area contributed by atoms with E-state index in [1.165, 1.54) is 4.90 Å². The molecule has 34 heavy (non-hydrogen) atoms. The average molecular weight is 558 g/mol. The van der Waals surface area contributed by atoms with Crippen molar-refractivity contribution in [3.63, 3.8) is 0 Å². The number of benzene rings is 3. The average Bonchev–Trinajstić information content (AvgIpc) is 3.03. The maximum absolute atomic E-state index is 13.4. The van der Waals surface area contributed by atoms with Gasteiger partial charge in [0.25, 0.3) is 5.91 Å². The maximum Gasteiger partial charge on any atom is 0.281 e. The number of carbonyl (C=O) groups is 1. The molecule has 1 aliphatic rings. The quantitative estimate of drug-likeness (QED) is 0.239. The standard InChI is InChI=1S/C26H22BrClN2O3S/c1-3-32-22-11-9-21(10-12-22)30-25(31)23(29(2)26(30)34)15-18-14-19(27)6-13-24(18)33-16-17-4-7-20(28)8-5-17/h4-15H,3,16H2,1-2H3/b23-15-. The number of anilines is 1. The van der Waals surface area contributed by atoms with E-state index < -0.39 is 0 Å². The van der Waals surface area contributed by atoms with Gasteiger partial charge < -0.3 is 14.4 Å². The summed E-state index contributed by atoms with van der Waals surface area (Å²) < 4.78 is 12.4. The van der Waals surface area contributed by atoms with Crippen LogP contribution in [0.15, 0.2) is 76.9 Å². The lowest BCUT2D eigenvalue weighted by atomic mass is 10.1. The van der Waals surface area contributed by atoms with Crippen LogP contribution in [0, 0.1) is 0 Å². The number of ether oxygens (including phenoxy) is 2. The van der Waals surface area contributed by atoms with E-state index in [9.17, 15) is 4.79 Å². The number of rotatable bonds is 7. The van der Waals surface area contributed by atoms with E-state index in [1.54, 1.807) is 18.0 Å². The van der Waals surface area contributed by atoms with Gasteiger partial charge in [0.1, 0.15) is 23.8 Å². The van der Waals surface area contributed by atoms with Crippen molar-refractivity contribution in [1.82, 2.24) is 4.90 Å². The number of halogens is 2. The minimum atomic E-state index is -0.208. The smallest absolute Gasteiger partial charge is 0.281 e. The Morgan fingerprint density at radius 1 is 1.03 bits per heavy atom. The molecule has 1 saturated heterocycles. The topological polar surface area (TPSA) is 42.0 Å². The Balaban J connectivity index is 1.61. The van der Waals surface area contributed by atoms with Crippen molar-refractivity contribution in [2.24, 2.45) is 0 Å². The van der Waals surface area contributed by atoms with Gasteiger partial charge in [0.05, 0.1) is 12.3 Å². The Morgan fingerprint density at radius 2 is 1.74 bits per heavy atom. The number of thiocarbonyl (C=S) groups is 1. The van der Waals surface area contributed by atoms with Crippen LogP contribution in [0.1, 0.15) is 18.1 Å². The Hall–Kier alpha value is -2.87. The first-order chi connectivity index (χ1) is 16.4. The summed E-state index contributed by atoms with van der Waals surface area (Å²) in [6.07, 6.45) is 1.80. The van der Waals surface area contributed by atoms with Crippen molar-refractivity contribution in [3.05, 3.63) is 93.0 Å². The van der Waals surface area contributed by atoms with E-state index in [-0.39, 0.29) is 5.91 Å². The summed E-state index contributed by atoms with van der Waals surface area (Å²) in [5.41, 5.74) is 2.88. The lowest BCUT2D eigenvalue weighted by Crippen LogP contribution is -2.31. The molecule has 5 nitrogen and oxygen atoms in total. The van der Waals surface area contributed by atoms with Crippen molar-refractivity contribution < 1.29 is 14.3 Å². The molecule has 0 aromatic heterocycles. The molecule has 0 unspecified atom stereocenters. The van der Waals surface area contributed by atoms with Crippen LogP contribution < -0.4 is 14.4 Å². The highest BCUT2D eigenvalue weighted by Crippen LogP contribution is 2.32. The first-order valence-corrected chi connectivity index (χ1v) is 12.2. The maximum atomic E-state index is 13.4. The molecule has 1 amide bonds. The molecular weight excluding hydrogens is 536 g/mol. The summed E-state index contributed by atoms with van der Waals surface area (Å²) in [6.45, 7) is 2.87. The van der Waals surface area contributed by atoms with E-state index in [0.29, 0.717) is 40.5 Å². The molecule has 0 aliphatic carbocycles. The van der Waals surface area contributed by atoms with Gasteiger partial charge in [-0.25, -0.2) is 0 Å². The molecule has 3 aromatic carbocycles. The molecule has 0 N–H and O–H groups in total. The van der Waals surface area contributed by atoms with Crippen LogP contribution in [0.4, 0.5) is 5.69 Å². The fraction of sp³-hybridized carbons (Fsp3) is 0.154. The fourth-order valence-electron chi connectivity index (χ4n) is 3.49. The number of nitrogens with zero attached hydrogens (tertiary/aromatic N) is 2. The van der Waals surface area contributed by atoms with Gasteiger partial charge in [-0.1, -0.05) is 39.7 Å². The summed E-state index contributed by atoms with van der Waals surface area (Å²) in [7, 11) is 1.78. The van der Waals surface area contributed by atoms with Crippen molar-refractivity contribution in [2.75, 3.05) is 18.6 Å². The van der Waals surface area contributed by atoms with Gasteiger partial charge in [-0.2, -0.15) is 0 Å². The molecule has 0 radical (unpaired) electrons. The van der Waals surface area contributed by atoms with Gasteiger partial charge in [-0.3, -0.25) is 9.69 Å². The Morgan fingerprint density at radius 3 is 2.41 bits per heavy atom. The highest BCUT2D eigenvalue weighted by atomic mass is 79.9. The highest BCUT2D eigenvalue weighted by molar-refractivity contribution is 9.10. The predicted octanol–water partition coefficient (Wildman–Crippen LogP) is 6.68. The van der Waals surface area contributed by atoms with Crippen LogP contribution in [-0.4, -0.2) is 29.6 Å². The van der Waals surface area contributed by atoms with E-state index in [2.05, 4.69) is 15.9 Å². The Bertz CT molecular complexity index is 1250. The Kier molecular flexibility index (Phi) is 7.56. The largest absolute Gasteiger partial charge is 0.494 e. The van der Waals surface area contributed by atoms with Gasteiger partial charge in [0, 0.05) is 22.1 Å². The SMILES string of the molecule is CCOc1ccc(N2C(=O)/C(=C/c3cc(Br)ccc3OCc3ccc(Cl)cc3)N(C)C2=S)cc1. The molecule has 3 aromatic rings. The summed E-state index contributed by atoms with van der Waals surface area (Å²) in [6, 6.07) is 20.5. The normalized spacial score (nSPS) is 14.8. The summed E-state index contributed by atoms with van der Waals surface area (Å²) >= 11 is 15.1. The number of hydrogen-bond acceptors (Lipinski definition) is 4. The number of hydrogen-bond donors (Lipinski definition) is 0. The van der Waals surface area contributed by atoms with Crippen LogP contribution in [-0.2, 0) is 11.4 Å². The number of amides is 1. The lowest BCUT2D eigenvalue weighted by Gasteiger charge is -2.16. The fourth-order valence-corrected chi connectivity index (χ4v) is 4.29. The molecule has 1 heterocycles. The van der Waals surface area contributed by atoms with Crippen molar-refractivity contribution >= 4 is 62.5 Å². The second-order valence-electron chi connectivity index (χ2n) is 7.54. The Labute approximate surface area is 217 Å². The third-order valence-electron chi connectivity index (χ3n) is 5.24. The zero-order chi connectivity index (χ0) is 24.2. The van der Waals surface area contributed by atoms with Gasteiger partial charge >= 0.3 is 0 Å². The van der Waals surface area contributed by atoms with E-state index in [1.807, 2.05) is 73.7 Å². The first-order valence-electron chi connectivity index (χ1n) is 10.6. The van der Waals surface area contributed by atoms with E-state index in [4.69, 9.17) is 33.3 Å². The van der Waals surface area contributed by atoms with Gasteiger partial charge in [-0.15, -0.1) is 0 Å². The van der Waals surface area contributed by atoms with Crippen LogP contribution in [0.3, 0.4) is 0 Å². The molecular formula is C26H22BrClN2O3S. The molecule has 0 bridgehead atoms. The number of carbonyl (C=O) groups excluding carboxylic acids is 1. The third kappa shape index (κ3) is 5.27. The molecule has 4 rings (SSSR count). The van der Waals surface area contributed by atoms with Gasteiger partial charge in [-0.05, 0) is 85.4 Å². The second kappa shape index (κ2) is 10.6. The summed E-state index contributed by atoms with van der Waals surface area (Å²) in [4.78, 5) is 16.6. The number of likely N-dealkylation sites (N-methyl/N-ethyl adjacent to an activating group) is 1. The second-order valence-corrected chi connectivity index (χ2v) is 9.25. The molecule has 0 saturated carbocycles. The molecule has 8 heteroatoms. The van der Waals surface area contributed by atoms with Gasteiger partial charge in [0.15, 0.2) is 5.11 Å². The van der Waals surface area contributed by atoms with Gasteiger partial charge in [0.2, 0.25) is 0 Å². The molecule has 1 aliphatic heterocycles. The zero-order valence-corrected chi connectivity index (χ0v) is 21.8. The van der Waals surface area contributed by atoms with Crippen LogP contribution in [0.2, 0.25) is 5.02 Å². The van der Waals surface area contributed by atoms with Crippen molar-refractivity contribution in [1.29, 1.82) is 0 Å². The lowest BCUT2D eigenvalue weighted by molar-refractivity contribution is -0.114. The van der Waals surface area contributed by atoms with E-state index in [0.717, 1.165) is 21.3 Å². The van der Waals surface area contributed by atoms with Crippen LogP contribution in [0.25, 0.3) is 6.08 Å². The van der Waals surface area contributed by atoms with Crippen molar-refractivity contribution in [3.8, 4) is 11.5 Å². The summed E-state index contributed by atoms with van der Waals surface area (Å²) in [5, 5.41) is 1.08. The first kappa shape index (κ1) is 24.3. The molecule has 1 fully saturated rings. The highest BCUT2D eigenvalue weighted by Gasteiger charge is 2.37. The molecule has 0 spiro atoms.